The molecular formula is C16H18N2O4S2. The Balaban J connectivity index is 1.67. The number of rotatable bonds is 2. The minimum atomic E-state index is -3.04. The van der Waals surface area contributed by atoms with Gasteiger partial charge in [0.1, 0.15) is 6.10 Å². The zero-order valence-electron chi connectivity index (χ0n) is 13.0. The number of amidine groups is 1. The van der Waals surface area contributed by atoms with Gasteiger partial charge in [-0.15, -0.1) is 0 Å². The molecule has 0 unspecified atom stereocenters. The van der Waals surface area contributed by atoms with E-state index in [0.29, 0.717) is 18.2 Å². The minimum absolute atomic E-state index is 0.0775. The first-order valence-electron chi connectivity index (χ1n) is 7.99. The molecule has 3 atom stereocenters. The third kappa shape index (κ3) is 2.98. The molecule has 0 aromatic heterocycles. The van der Waals surface area contributed by atoms with Gasteiger partial charge in [-0.3, -0.25) is 4.79 Å². The Morgan fingerprint density at radius 2 is 2.04 bits per heavy atom. The topological polar surface area (TPSA) is 76.0 Å². The number of amides is 1. The summed E-state index contributed by atoms with van der Waals surface area (Å²) in [6.07, 6.45) is 1.12. The van der Waals surface area contributed by atoms with Crippen molar-refractivity contribution >= 4 is 38.4 Å². The molecule has 6 nitrogen and oxygen atoms in total. The highest BCUT2D eigenvalue weighted by atomic mass is 32.2. The fourth-order valence-electron chi connectivity index (χ4n) is 3.39. The number of nitrogens with zero attached hydrogens (tertiary/aromatic N) is 2. The average molecular weight is 366 g/mol. The van der Waals surface area contributed by atoms with Crippen LogP contribution >= 0.6 is 11.8 Å². The van der Waals surface area contributed by atoms with E-state index in [2.05, 4.69) is 4.99 Å². The van der Waals surface area contributed by atoms with E-state index in [-0.39, 0.29) is 28.7 Å². The van der Waals surface area contributed by atoms with Crippen LogP contribution in [0.25, 0.3) is 0 Å². The van der Waals surface area contributed by atoms with Crippen molar-refractivity contribution in [2.75, 3.05) is 23.0 Å². The van der Waals surface area contributed by atoms with Crippen LogP contribution in [0.2, 0.25) is 0 Å². The van der Waals surface area contributed by atoms with E-state index < -0.39 is 15.9 Å². The summed E-state index contributed by atoms with van der Waals surface area (Å²) in [5, 5.41) is 0.512. The number of ether oxygens (including phenoxy) is 1. The lowest BCUT2D eigenvalue weighted by Gasteiger charge is -2.24. The molecule has 0 saturated carbocycles. The van der Waals surface area contributed by atoms with Crippen LogP contribution < -0.4 is 4.90 Å². The highest BCUT2D eigenvalue weighted by molar-refractivity contribution is 8.16. The average Bonchev–Trinajstić information content (AvgIpc) is 3.22. The number of sulfone groups is 1. The molecule has 3 saturated heterocycles. The van der Waals surface area contributed by atoms with Gasteiger partial charge in [-0.2, -0.15) is 4.99 Å². The Labute approximate surface area is 145 Å². The van der Waals surface area contributed by atoms with Crippen LogP contribution in [-0.2, 0) is 19.4 Å². The number of hydrogen-bond donors (Lipinski definition) is 0. The zero-order valence-corrected chi connectivity index (χ0v) is 14.6. The third-order valence-corrected chi connectivity index (χ3v) is 7.72. The zero-order chi connectivity index (χ0) is 16.7. The molecule has 3 fully saturated rings. The second-order valence-electron chi connectivity index (χ2n) is 6.24. The Bertz CT molecular complexity index is 773. The molecule has 0 aliphatic carbocycles. The van der Waals surface area contributed by atoms with Gasteiger partial charge in [-0.05, 0) is 25.0 Å². The molecule has 8 heteroatoms. The second kappa shape index (κ2) is 6.16. The first kappa shape index (κ1) is 16.1. The summed E-state index contributed by atoms with van der Waals surface area (Å²) in [7, 11) is -3.04. The van der Waals surface area contributed by atoms with Crippen LogP contribution in [-0.4, -0.2) is 55.0 Å². The standard InChI is InChI=1S/C16H18N2O4S2/c19-15(13-7-4-8-22-13)17-16-18(11-5-2-1-3-6-11)12-9-24(20,21)10-14(12)23-16/h1-3,5-6,12-14H,4,7-10H2/t12-,13-,14+/m0/s1. The molecule has 1 aromatic rings. The summed E-state index contributed by atoms with van der Waals surface area (Å²) in [5.74, 6) is -0.0235. The smallest absolute Gasteiger partial charge is 0.277 e. The SMILES string of the molecule is O=C(N=C1S[C@@H]2CS(=O)(=O)C[C@@H]2N1c1ccccc1)[C@@H]1CCCO1. The minimum Gasteiger partial charge on any atom is -0.368 e. The van der Waals surface area contributed by atoms with Crippen LogP contribution in [0, 0.1) is 0 Å². The largest absolute Gasteiger partial charge is 0.368 e. The summed E-state index contributed by atoms with van der Waals surface area (Å²) in [5.41, 5.74) is 0.869. The maximum Gasteiger partial charge on any atom is 0.277 e. The van der Waals surface area contributed by atoms with Gasteiger partial charge >= 0.3 is 0 Å². The van der Waals surface area contributed by atoms with E-state index in [9.17, 15) is 13.2 Å². The van der Waals surface area contributed by atoms with Gasteiger partial charge in [0, 0.05) is 17.5 Å². The first-order valence-corrected chi connectivity index (χ1v) is 10.7. The van der Waals surface area contributed by atoms with Crippen LogP contribution in [0.5, 0.6) is 0 Å². The lowest BCUT2D eigenvalue weighted by atomic mass is 10.2. The third-order valence-electron chi connectivity index (χ3n) is 4.51. The Morgan fingerprint density at radius 1 is 1.25 bits per heavy atom. The van der Waals surface area contributed by atoms with E-state index in [4.69, 9.17) is 4.74 Å². The summed E-state index contributed by atoms with van der Waals surface area (Å²) < 4.78 is 29.4. The molecule has 3 heterocycles. The molecule has 0 N–H and O–H groups in total. The van der Waals surface area contributed by atoms with E-state index in [1.54, 1.807) is 0 Å². The second-order valence-corrected chi connectivity index (χ2v) is 9.60. The van der Waals surface area contributed by atoms with Gasteiger partial charge in [-0.1, -0.05) is 30.0 Å². The van der Waals surface area contributed by atoms with Gasteiger partial charge in [0.15, 0.2) is 15.0 Å². The Hall–Kier alpha value is -1.38. The number of aliphatic imine (C=N–C) groups is 1. The molecule has 0 bridgehead atoms. The normalized spacial score (nSPS) is 33.1. The van der Waals surface area contributed by atoms with E-state index in [1.807, 2.05) is 35.2 Å². The van der Waals surface area contributed by atoms with Crippen LogP contribution in [0.1, 0.15) is 12.8 Å². The summed E-state index contributed by atoms with van der Waals surface area (Å²) in [6, 6.07) is 9.37. The molecular weight excluding hydrogens is 348 g/mol. The van der Waals surface area contributed by atoms with Gasteiger partial charge < -0.3 is 9.64 Å². The quantitative estimate of drug-likeness (QED) is 0.789. The van der Waals surface area contributed by atoms with Gasteiger partial charge in [0.25, 0.3) is 5.91 Å². The Morgan fingerprint density at radius 3 is 2.75 bits per heavy atom. The number of hydrogen-bond acceptors (Lipinski definition) is 5. The highest BCUT2D eigenvalue weighted by Gasteiger charge is 2.49. The number of benzene rings is 1. The van der Waals surface area contributed by atoms with Crippen LogP contribution in [0.15, 0.2) is 35.3 Å². The van der Waals surface area contributed by atoms with Crippen molar-refractivity contribution in [3.8, 4) is 0 Å². The monoisotopic (exact) mass is 366 g/mol. The van der Waals surface area contributed by atoms with E-state index in [1.165, 1.54) is 11.8 Å². The highest BCUT2D eigenvalue weighted by Crippen LogP contribution is 2.41. The fourth-order valence-corrected chi connectivity index (χ4v) is 7.31. The molecule has 1 amide bonds. The maximum atomic E-state index is 12.4. The lowest BCUT2D eigenvalue weighted by Crippen LogP contribution is -2.38. The van der Waals surface area contributed by atoms with Gasteiger partial charge in [0.2, 0.25) is 0 Å². The lowest BCUT2D eigenvalue weighted by molar-refractivity contribution is -0.126. The molecule has 3 aliphatic heterocycles. The number of para-hydroxylation sites is 1. The van der Waals surface area contributed by atoms with Crippen molar-refractivity contribution in [1.82, 2.24) is 0 Å². The van der Waals surface area contributed by atoms with Crippen molar-refractivity contribution in [1.29, 1.82) is 0 Å². The maximum absolute atomic E-state index is 12.4. The van der Waals surface area contributed by atoms with Crippen molar-refractivity contribution in [2.45, 2.75) is 30.2 Å². The van der Waals surface area contributed by atoms with Gasteiger partial charge in [-0.25, -0.2) is 8.42 Å². The van der Waals surface area contributed by atoms with Crippen molar-refractivity contribution in [2.24, 2.45) is 4.99 Å². The molecule has 3 aliphatic rings. The molecule has 0 spiro atoms. The van der Waals surface area contributed by atoms with Crippen molar-refractivity contribution < 1.29 is 17.9 Å². The summed E-state index contributed by atoms with van der Waals surface area (Å²) in [6.45, 7) is 0.598. The number of fused-ring (bicyclic) bond motifs is 1. The summed E-state index contributed by atoms with van der Waals surface area (Å²) >= 11 is 1.39. The summed E-state index contributed by atoms with van der Waals surface area (Å²) in [4.78, 5) is 18.6. The number of carbonyl (C=O) groups excluding carboxylic acids is 1. The number of carbonyl (C=O) groups is 1. The van der Waals surface area contributed by atoms with E-state index in [0.717, 1.165) is 12.1 Å². The molecule has 128 valence electrons. The van der Waals surface area contributed by atoms with Crippen LogP contribution in [0.3, 0.4) is 0 Å². The Kier molecular flexibility index (Phi) is 4.14. The van der Waals surface area contributed by atoms with Crippen LogP contribution in [0.4, 0.5) is 5.69 Å². The van der Waals surface area contributed by atoms with E-state index >= 15 is 0 Å². The molecule has 4 rings (SSSR count). The fraction of sp³-hybridized carbons (Fsp3) is 0.500. The molecule has 24 heavy (non-hydrogen) atoms. The van der Waals surface area contributed by atoms with Crippen molar-refractivity contribution in [3.63, 3.8) is 0 Å². The predicted molar refractivity (Wildman–Crippen MR) is 94.2 cm³/mol. The molecule has 1 aromatic carbocycles. The van der Waals surface area contributed by atoms with Gasteiger partial charge in [0.05, 0.1) is 17.5 Å². The molecule has 0 radical (unpaired) electrons. The first-order chi connectivity index (χ1) is 11.5. The number of thioether (sulfide) groups is 1. The predicted octanol–water partition coefficient (Wildman–Crippen LogP) is 1.47. The number of anilines is 1. The van der Waals surface area contributed by atoms with Crippen molar-refractivity contribution in [3.05, 3.63) is 30.3 Å².